The molecule has 0 unspecified atom stereocenters. The minimum atomic E-state index is -1.06. The van der Waals surface area contributed by atoms with Crippen LogP contribution in [0.3, 0.4) is 0 Å². The van der Waals surface area contributed by atoms with Gasteiger partial charge in [0.1, 0.15) is 14.6 Å². The average Bonchev–Trinajstić information content (AvgIpc) is 4.22. The highest BCUT2D eigenvalue weighted by molar-refractivity contribution is 7.18. The third kappa shape index (κ3) is 16.1. The Hall–Kier alpha value is -7.83. The van der Waals surface area contributed by atoms with E-state index in [4.69, 9.17) is 10.8 Å². The molecule has 0 bridgehead atoms. The van der Waals surface area contributed by atoms with Crippen LogP contribution in [0.1, 0.15) is 103 Å². The zero-order valence-corrected chi connectivity index (χ0v) is 45.4. The SMILES string of the molecule is CNC(=O)c1cnc(NC(=O)Nc2ccc(C)cc2N2CCCCC2)s1.Cc1ccc(NC(=O)Nc2ncc(C(=O)O)s2)c(N2CCCCC2)c1.Cc1ccc(NC(=O)Nc2ncc(C(N)=O)s2)c(N2CCCCC2)c1. The predicted octanol–water partition coefficient (Wildman–Crippen LogP) is 10.4. The standard InChI is InChI=1S/C18H23N5O2S.C17H21N5O2S.C17H20N4O3S/c1-12-6-7-13(14(10-12)23-8-4-3-5-9-23)21-17(25)22-18-20-11-15(26-18)16(24)19-2;1-11-5-6-12(13(9-11)22-7-3-2-4-8-22)20-16(24)21-17-19-10-14(25-17)15(18)23;1-11-5-6-12(13(9-11)21-7-3-2-4-8-21)19-16(24)20-17-18-10-14(25-17)15(22)23/h6-7,10-11H,3-5,8-9H2,1-2H3,(H,19,24)(H2,20,21,22,25);5-6,9-10H,2-4,7-8H2,1H3,(H2,18,23)(H2,19,20,21,24);5-6,9-10H,2-4,7-8H2,1H3,(H,22,23)(H2,18,19,20,24). The van der Waals surface area contributed by atoms with Gasteiger partial charge in [-0.05, 0) is 132 Å². The number of carbonyl (C=O) groups is 6. The van der Waals surface area contributed by atoms with Crippen LogP contribution in [0.5, 0.6) is 0 Å². The summed E-state index contributed by atoms with van der Waals surface area (Å²) in [6.07, 6.45) is 14.7. The van der Waals surface area contributed by atoms with Gasteiger partial charge >= 0.3 is 24.1 Å². The molecule has 76 heavy (non-hydrogen) atoms. The van der Waals surface area contributed by atoms with Gasteiger partial charge in [-0.1, -0.05) is 52.2 Å². The molecule has 3 aliphatic heterocycles. The van der Waals surface area contributed by atoms with Crippen LogP contribution in [0.15, 0.2) is 73.2 Å². The lowest BCUT2D eigenvalue weighted by Gasteiger charge is -2.30. The summed E-state index contributed by atoms with van der Waals surface area (Å²) < 4.78 is 0. The number of primary amides is 1. The number of nitrogens with zero attached hydrogens (tertiary/aromatic N) is 6. The number of hydrogen-bond donors (Lipinski definition) is 9. The van der Waals surface area contributed by atoms with Crippen molar-refractivity contribution in [3.8, 4) is 0 Å². The predicted molar refractivity (Wildman–Crippen MR) is 305 cm³/mol. The molecule has 6 aromatic rings. The fourth-order valence-electron chi connectivity index (χ4n) is 8.62. The molecular formula is C52H64N14O7S3. The number of thiazole rings is 3. The molecule has 0 radical (unpaired) electrons. The van der Waals surface area contributed by atoms with Gasteiger partial charge in [0.25, 0.3) is 11.8 Å². The van der Waals surface area contributed by atoms with E-state index in [1.807, 2.05) is 57.2 Å². The Morgan fingerprint density at radius 2 is 0.789 bits per heavy atom. The van der Waals surface area contributed by atoms with Gasteiger partial charge in [0.05, 0.1) is 52.7 Å². The molecule has 402 valence electrons. The zero-order chi connectivity index (χ0) is 54.1. The van der Waals surface area contributed by atoms with Crippen LogP contribution in [0.25, 0.3) is 0 Å². The smallest absolute Gasteiger partial charge is 0.347 e. The lowest BCUT2D eigenvalue weighted by atomic mass is 10.1. The van der Waals surface area contributed by atoms with E-state index in [0.717, 1.165) is 150 Å². The summed E-state index contributed by atoms with van der Waals surface area (Å²) in [5.41, 5.74) is 14.0. The molecule has 10 N–H and O–H groups in total. The maximum Gasteiger partial charge on any atom is 0.347 e. The van der Waals surface area contributed by atoms with Crippen molar-refractivity contribution >= 4 is 119 Å². The summed E-state index contributed by atoms with van der Waals surface area (Å²) in [6.45, 7) is 12.1. The first-order valence-electron chi connectivity index (χ1n) is 25.1. The van der Waals surface area contributed by atoms with Gasteiger partial charge in [-0.15, -0.1) is 0 Å². The molecule has 9 rings (SSSR count). The van der Waals surface area contributed by atoms with E-state index in [0.29, 0.717) is 20.0 Å². The number of aromatic nitrogens is 3. The van der Waals surface area contributed by atoms with Crippen molar-refractivity contribution in [2.75, 3.05) is 92.9 Å². The number of aryl methyl sites for hydroxylation is 3. The molecular weight excluding hydrogens is 1030 g/mol. The monoisotopic (exact) mass is 1090 g/mol. The number of benzene rings is 3. The van der Waals surface area contributed by atoms with E-state index in [-0.39, 0.29) is 21.9 Å². The van der Waals surface area contributed by atoms with Gasteiger partial charge in [0, 0.05) is 46.3 Å². The first kappa shape index (κ1) is 55.9. The van der Waals surface area contributed by atoms with Crippen molar-refractivity contribution < 1.29 is 33.9 Å². The molecule has 3 saturated heterocycles. The third-order valence-corrected chi connectivity index (χ3v) is 15.1. The van der Waals surface area contributed by atoms with Crippen LogP contribution >= 0.6 is 34.0 Å². The van der Waals surface area contributed by atoms with Crippen LogP contribution in [0.2, 0.25) is 0 Å². The molecule has 0 spiro atoms. The van der Waals surface area contributed by atoms with Gasteiger partial charge in [0.2, 0.25) is 0 Å². The fourth-order valence-corrected chi connectivity index (χ4v) is 10.7. The summed E-state index contributed by atoms with van der Waals surface area (Å²) in [7, 11) is 1.56. The number of urea groups is 3. The van der Waals surface area contributed by atoms with Crippen LogP contribution in [-0.2, 0) is 0 Å². The fraction of sp³-hybridized carbons (Fsp3) is 0.365. The molecule has 6 heterocycles. The zero-order valence-electron chi connectivity index (χ0n) is 42.9. The number of carbonyl (C=O) groups excluding carboxylic acids is 5. The Morgan fingerprint density at radius 3 is 1.09 bits per heavy atom. The topological polar surface area (TPSA) is 281 Å². The van der Waals surface area contributed by atoms with Crippen molar-refractivity contribution in [2.24, 2.45) is 5.73 Å². The quantitative estimate of drug-likeness (QED) is 0.0552. The number of rotatable bonds is 12. The van der Waals surface area contributed by atoms with Crippen LogP contribution < -0.4 is 57.7 Å². The first-order chi connectivity index (χ1) is 36.6. The van der Waals surface area contributed by atoms with Gasteiger partial charge in [0.15, 0.2) is 15.4 Å². The van der Waals surface area contributed by atoms with E-state index >= 15 is 0 Å². The number of anilines is 9. The van der Waals surface area contributed by atoms with Gasteiger partial charge < -0.3 is 46.8 Å². The van der Waals surface area contributed by atoms with E-state index in [2.05, 4.69) is 85.1 Å². The van der Waals surface area contributed by atoms with Gasteiger partial charge in [-0.3, -0.25) is 25.5 Å². The maximum atomic E-state index is 12.4. The minimum Gasteiger partial charge on any atom is -0.477 e. The molecule has 0 atom stereocenters. The van der Waals surface area contributed by atoms with E-state index < -0.39 is 23.9 Å². The Labute approximate surface area is 453 Å². The van der Waals surface area contributed by atoms with Crippen LogP contribution in [0, 0.1) is 20.8 Å². The second-order valence-corrected chi connectivity index (χ2v) is 21.4. The summed E-state index contributed by atoms with van der Waals surface area (Å²) in [5, 5.41) is 29.0. The molecule has 3 fully saturated rings. The van der Waals surface area contributed by atoms with Crippen molar-refractivity contribution in [2.45, 2.75) is 78.6 Å². The summed E-state index contributed by atoms with van der Waals surface area (Å²) in [5.74, 6) is -1.84. The number of nitrogens with two attached hydrogens (primary N) is 1. The lowest BCUT2D eigenvalue weighted by Crippen LogP contribution is -2.31. The first-order valence-corrected chi connectivity index (χ1v) is 27.5. The van der Waals surface area contributed by atoms with Gasteiger partial charge in [-0.2, -0.15) is 0 Å². The number of carboxylic acid groups (broad SMARTS) is 1. The molecule has 3 aliphatic rings. The molecule has 3 aromatic carbocycles. The van der Waals surface area contributed by atoms with E-state index in [1.165, 1.54) is 50.7 Å². The Bertz CT molecular complexity index is 2860. The Kier molecular flexibility index (Phi) is 19.9. The number of piperidine rings is 3. The van der Waals surface area contributed by atoms with Crippen LogP contribution in [-0.4, -0.2) is 102 Å². The molecule has 8 amide bonds. The molecule has 0 aliphatic carbocycles. The third-order valence-electron chi connectivity index (χ3n) is 12.4. The average molecular weight is 1090 g/mol. The maximum absolute atomic E-state index is 12.4. The highest BCUT2D eigenvalue weighted by Gasteiger charge is 2.21. The molecule has 21 nitrogen and oxygen atoms in total. The number of hydrogen-bond acceptors (Lipinski definition) is 15. The largest absolute Gasteiger partial charge is 0.477 e. The molecule has 3 aromatic heterocycles. The van der Waals surface area contributed by atoms with E-state index in [9.17, 15) is 28.8 Å². The normalized spacial score (nSPS) is 14.1. The summed E-state index contributed by atoms with van der Waals surface area (Å²) in [6, 6.07) is 16.7. The van der Waals surface area contributed by atoms with Crippen molar-refractivity contribution in [3.63, 3.8) is 0 Å². The summed E-state index contributed by atoms with van der Waals surface area (Å²) >= 11 is 3.10. The second kappa shape index (κ2) is 27.1. The molecule has 0 saturated carbocycles. The number of amides is 8. The minimum absolute atomic E-state index is 0.0830. The van der Waals surface area contributed by atoms with Crippen molar-refractivity contribution in [1.29, 1.82) is 0 Å². The highest BCUT2D eigenvalue weighted by Crippen LogP contribution is 2.33. The molecule has 24 heteroatoms. The number of aromatic carboxylic acids is 1. The van der Waals surface area contributed by atoms with Crippen molar-refractivity contribution in [1.82, 2.24) is 20.3 Å². The van der Waals surface area contributed by atoms with Gasteiger partial charge in [-0.25, -0.2) is 34.1 Å². The van der Waals surface area contributed by atoms with Crippen LogP contribution in [0.4, 0.5) is 63.9 Å². The lowest BCUT2D eigenvalue weighted by molar-refractivity contribution is 0.0701. The second-order valence-electron chi connectivity index (χ2n) is 18.3. The van der Waals surface area contributed by atoms with E-state index in [1.54, 1.807) is 7.05 Å². The highest BCUT2D eigenvalue weighted by atomic mass is 32.1. The Morgan fingerprint density at radius 1 is 0.474 bits per heavy atom. The number of nitrogens with one attached hydrogen (secondary N) is 7. The summed E-state index contributed by atoms with van der Waals surface area (Å²) in [4.78, 5) is 90.2. The van der Waals surface area contributed by atoms with Crippen molar-refractivity contribution in [3.05, 3.63) is 105 Å². The Balaban J connectivity index is 0.000000166. The number of carboxylic acids is 1.